The Balaban J connectivity index is 1.41. The van der Waals surface area contributed by atoms with Gasteiger partial charge in [-0.05, 0) is 30.3 Å². The first kappa shape index (κ1) is 25.7. The lowest BCUT2D eigenvalue weighted by molar-refractivity contribution is -0.137. The first-order chi connectivity index (χ1) is 16.7. The van der Waals surface area contributed by atoms with E-state index in [4.69, 9.17) is 16.3 Å². The minimum Gasteiger partial charge on any atom is -0.394 e. The second-order valence-electron chi connectivity index (χ2n) is 8.64. The highest BCUT2D eigenvalue weighted by Crippen LogP contribution is 2.33. The zero-order valence-corrected chi connectivity index (χ0v) is 19.5. The van der Waals surface area contributed by atoms with E-state index in [-0.39, 0.29) is 19.1 Å². The third kappa shape index (κ3) is 5.73. The number of ether oxygens (including phenoxy) is 1. The van der Waals surface area contributed by atoms with Crippen LogP contribution in [0.1, 0.15) is 15.9 Å². The van der Waals surface area contributed by atoms with Gasteiger partial charge < -0.3 is 25.2 Å². The highest BCUT2D eigenvalue weighted by atomic mass is 35.5. The zero-order chi connectivity index (χ0) is 25.2. The Morgan fingerprint density at radius 2 is 1.80 bits per heavy atom. The third-order valence-corrected chi connectivity index (χ3v) is 6.83. The van der Waals surface area contributed by atoms with Crippen LogP contribution in [0, 0.1) is 0 Å². The minimum atomic E-state index is -4.41. The zero-order valence-electron chi connectivity index (χ0n) is 18.8. The summed E-state index contributed by atoms with van der Waals surface area (Å²) >= 11 is 6.09. The topological polar surface area (TPSA) is 85.3 Å². The number of carbonyl (C=O) groups is 1. The molecule has 4 rings (SSSR count). The molecule has 2 aliphatic rings. The highest BCUT2D eigenvalue weighted by molar-refractivity contribution is 6.33. The molecule has 2 aromatic carbocycles. The van der Waals surface area contributed by atoms with Crippen molar-refractivity contribution in [3.63, 3.8) is 0 Å². The molecule has 4 atom stereocenters. The predicted octanol–water partition coefficient (Wildman–Crippen LogP) is 2.40. The SMILES string of the molecule is O=C(NCC1OC(CO)C(O)C1N1CCN(c2cccc(C(F)(F)F)c2)CC1)c1ccccc1Cl. The Morgan fingerprint density at radius 1 is 1.09 bits per heavy atom. The number of carbonyl (C=O) groups excluding carboxylic acids is 1. The largest absolute Gasteiger partial charge is 0.416 e. The monoisotopic (exact) mass is 513 g/mol. The van der Waals surface area contributed by atoms with Crippen LogP contribution in [0.5, 0.6) is 0 Å². The third-order valence-electron chi connectivity index (χ3n) is 6.50. The molecule has 2 aliphatic heterocycles. The number of amides is 1. The van der Waals surface area contributed by atoms with Crippen molar-refractivity contribution in [2.75, 3.05) is 44.2 Å². The van der Waals surface area contributed by atoms with E-state index in [2.05, 4.69) is 5.32 Å². The Bertz CT molecular complexity index is 1030. The summed E-state index contributed by atoms with van der Waals surface area (Å²) in [5.74, 6) is -0.380. The highest BCUT2D eigenvalue weighted by Gasteiger charge is 2.47. The minimum absolute atomic E-state index is 0.0934. The van der Waals surface area contributed by atoms with Crippen molar-refractivity contribution in [2.45, 2.75) is 30.5 Å². The number of anilines is 1. The van der Waals surface area contributed by atoms with Crippen LogP contribution in [-0.4, -0.2) is 84.7 Å². The molecule has 0 aliphatic carbocycles. The smallest absolute Gasteiger partial charge is 0.394 e. The Morgan fingerprint density at radius 3 is 2.46 bits per heavy atom. The summed E-state index contributed by atoms with van der Waals surface area (Å²) in [5, 5.41) is 23.5. The van der Waals surface area contributed by atoms with E-state index in [1.807, 2.05) is 9.80 Å². The Hall–Kier alpha value is -2.37. The number of nitrogens with zero attached hydrogens (tertiary/aromatic N) is 2. The van der Waals surface area contributed by atoms with E-state index in [9.17, 15) is 28.2 Å². The van der Waals surface area contributed by atoms with Gasteiger partial charge in [0.1, 0.15) is 12.2 Å². The quantitative estimate of drug-likeness (QED) is 0.550. The van der Waals surface area contributed by atoms with Crippen molar-refractivity contribution < 1.29 is 32.9 Å². The van der Waals surface area contributed by atoms with Crippen LogP contribution in [0.4, 0.5) is 18.9 Å². The number of rotatable bonds is 6. The summed E-state index contributed by atoms with van der Waals surface area (Å²) in [6, 6.07) is 11.4. The van der Waals surface area contributed by atoms with Crippen molar-refractivity contribution in [3.05, 3.63) is 64.7 Å². The van der Waals surface area contributed by atoms with Crippen LogP contribution in [0.2, 0.25) is 5.02 Å². The van der Waals surface area contributed by atoms with Crippen LogP contribution in [0.15, 0.2) is 48.5 Å². The first-order valence-electron chi connectivity index (χ1n) is 11.3. The standard InChI is InChI=1S/C24H27ClF3N3O4/c25-18-7-2-1-6-17(18)23(34)29-13-19-21(22(33)20(14-32)35-19)31-10-8-30(9-11-31)16-5-3-4-15(12-16)24(26,27)28/h1-7,12,19-22,32-33H,8-11,13-14H2,(H,29,34). The maximum absolute atomic E-state index is 13.1. The number of hydrogen-bond donors (Lipinski definition) is 3. The molecule has 1 amide bonds. The molecule has 7 nitrogen and oxygen atoms in total. The van der Waals surface area contributed by atoms with E-state index in [0.717, 1.165) is 12.1 Å². The summed E-state index contributed by atoms with van der Waals surface area (Å²) in [7, 11) is 0. The molecule has 11 heteroatoms. The number of piperazine rings is 1. The molecule has 0 aromatic heterocycles. The van der Waals surface area contributed by atoms with Gasteiger partial charge in [-0.2, -0.15) is 13.2 Å². The van der Waals surface area contributed by atoms with Crippen molar-refractivity contribution in [2.24, 2.45) is 0 Å². The molecule has 190 valence electrons. The number of aliphatic hydroxyl groups is 2. The molecule has 35 heavy (non-hydrogen) atoms. The number of hydrogen-bond acceptors (Lipinski definition) is 6. The molecule has 0 radical (unpaired) electrons. The second-order valence-corrected chi connectivity index (χ2v) is 9.04. The number of benzene rings is 2. The average molecular weight is 514 g/mol. The van der Waals surface area contributed by atoms with Gasteiger partial charge in [-0.25, -0.2) is 0 Å². The van der Waals surface area contributed by atoms with Crippen LogP contribution < -0.4 is 10.2 Å². The van der Waals surface area contributed by atoms with Crippen molar-refractivity contribution in [1.29, 1.82) is 0 Å². The summed E-state index contributed by atoms with van der Waals surface area (Å²) in [5.41, 5.74) is 0.106. The molecule has 3 N–H and O–H groups in total. The fraction of sp³-hybridized carbons (Fsp3) is 0.458. The second kappa shape index (κ2) is 10.7. The van der Waals surface area contributed by atoms with Crippen LogP contribution in [0.3, 0.4) is 0 Å². The van der Waals surface area contributed by atoms with Crippen molar-refractivity contribution in [3.8, 4) is 0 Å². The van der Waals surface area contributed by atoms with E-state index in [1.54, 1.807) is 30.3 Å². The molecular formula is C24H27ClF3N3O4. The molecule has 0 saturated carbocycles. The Labute approximate surface area is 206 Å². The van der Waals surface area contributed by atoms with E-state index < -0.39 is 36.1 Å². The maximum atomic E-state index is 13.1. The molecule has 2 heterocycles. The number of halogens is 4. The van der Waals surface area contributed by atoms with E-state index in [1.165, 1.54) is 6.07 Å². The van der Waals surface area contributed by atoms with Gasteiger partial charge in [0.2, 0.25) is 0 Å². The summed E-state index contributed by atoms with van der Waals surface area (Å²) in [6.07, 6.45) is -6.79. The van der Waals surface area contributed by atoms with Crippen LogP contribution >= 0.6 is 11.6 Å². The summed E-state index contributed by atoms with van der Waals surface area (Å²) in [4.78, 5) is 16.4. The van der Waals surface area contributed by atoms with E-state index in [0.29, 0.717) is 42.5 Å². The lowest BCUT2D eigenvalue weighted by atomic mass is 10.0. The molecule has 0 bridgehead atoms. The van der Waals surface area contributed by atoms with Crippen LogP contribution in [-0.2, 0) is 10.9 Å². The van der Waals surface area contributed by atoms with Crippen LogP contribution in [0.25, 0.3) is 0 Å². The van der Waals surface area contributed by atoms with Gasteiger partial charge in [-0.1, -0.05) is 29.8 Å². The van der Waals surface area contributed by atoms with Gasteiger partial charge in [-0.3, -0.25) is 9.69 Å². The molecular weight excluding hydrogens is 487 g/mol. The van der Waals surface area contributed by atoms with Gasteiger partial charge >= 0.3 is 6.18 Å². The van der Waals surface area contributed by atoms with Gasteiger partial charge in [-0.15, -0.1) is 0 Å². The lowest BCUT2D eigenvalue weighted by Crippen LogP contribution is -2.57. The predicted molar refractivity (Wildman–Crippen MR) is 125 cm³/mol. The van der Waals surface area contributed by atoms with Gasteiger partial charge in [0.25, 0.3) is 5.91 Å². The molecule has 2 aromatic rings. The maximum Gasteiger partial charge on any atom is 0.416 e. The number of aliphatic hydroxyl groups excluding tert-OH is 2. The van der Waals surface area contributed by atoms with Crippen molar-refractivity contribution >= 4 is 23.2 Å². The first-order valence-corrected chi connectivity index (χ1v) is 11.7. The average Bonchev–Trinajstić information content (AvgIpc) is 3.17. The van der Waals surface area contributed by atoms with Gasteiger partial charge in [0.05, 0.1) is 34.9 Å². The number of alkyl halides is 3. The van der Waals surface area contributed by atoms with Gasteiger partial charge in [0, 0.05) is 38.4 Å². The fourth-order valence-electron chi connectivity index (χ4n) is 4.69. The Kier molecular flexibility index (Phi) is 7.87. The lowest BCUT2D eigenvalue weighted by Gasteiger charge is -2.41. The van der Waals surface area contributed by atoms with E-state index >= 15 is 0 Å². The molecule has 2 saturated heterocycles. The number of nitrogens with one attached hydrogen (secondary N) is 1. The molecule has 2 fully saturated rings. The van der Waals surface area contributed by atoms with Crippen molar-refractivity contribution in [1.82, 2.24) is 10.2 Å². The summed E-state index contributed by atoms with van der Waals surface area (Å²) in [6.45, 7) is 1.55. The normalized spacial score (nSPS) is 25.6. The summed E-state index contributed by atoms with van der Waals surface area (Å²) < 4.78 is 45.1. The molecule has 0 spiro atoms. The van der Waals surface area contributed by atoms with Gasteiger partial charge in [0.15, 0.2) is 0 Å². The fourth-order valence-corrected chi connectivity index (χ4v) is 4.91. The molecule has 4 unspecified atom stereocenters.